The van der Waals surface area contributed by atoms with Crippen LogP contribution in [0.4, 0.5) is 4.79 Å². The molecule has 1 saturated heterocycles. The molecule has 0 N–H and O–H groups in total. The van der Waals surface area contributed by atoms with Crippen molar-refractivity contribution in [3.8, 4) is 0 Å². The molecule has 2 unspecified atom stereocenters. The normalized spacial score (nSPS) is 27.4. The predicted molar refractivity (Wildman–Crippen MR) is 44.4 cm³/mol. The molecule has 0 amide bonds. The average molecular weight is 242 g/mol. The van der Waals surface area contributed by atoms with E-state index in [1.807, 2.05) is 0 Å². The minimum atomic E-state index is -3.61. The Kier molecular flexibility index (Phi) is 3.61. The maximum absolute atomic E-state index is 11.7. The highest BCUT2D eigenvalue weighted by atomic mass is 31.2. The third-order valence-corrected chi connectivity index (χ3v) is 4.44. The summed E-state index contributed by atoms with van der Waals surface area (Å²) in [5, 5.41) is 0. The van der Waals surface area contributed by atoms with Gasteiger partial charge in [-0.25, -0.2) is 4.79 Å². The van der Waals surface area contributed by atoms with Crippen LogP contribution in [0.15, 0.2) is 0 Å². The molecule has 0 saturated carbocycles. The highest BCUT2D eigenvalue weighted by Crippen LogP contribution is 2.56. The van der Waals surface area contributed by atoms with E-state index in [1.165, 1.54) is 0 Å². The molecule has 1 aliphatic rings. The number of ether oxygens (including phenoxy) is 2. The lowest BCUT2D eigenvalue weighted by atomic mass is 10.8. The zero-order chi connectivity index (χ0) is 10.8. The number of carbonyl (C=O) groups is 1. The van der Waals surface area contributed by atoms with Gasteiger partial charge in [-0.15, -0.1) is 0 Å². The van der Waals surface area contributed by atoms with E-state index in [-0.39, 0.29) is 0 Å². The number of rotatable bonds is 4. The van der Waals surface area contributed by atoms with Gasteiger partial charge in [0, 0.05) is 14.2 Å². The molecule has 1 rings (SSSR count). The lowest BCUT2D eigenvalue weighted by Gasteiger charge is -2.18. The van der Waals surface area contributed by atoms with Crippen molar-refractivity contribution >= 4 is 22.2 Å². The van der Waals surface area contributed by atoms with E-state index in [1.54, 1.807) is 0 Å². The molecule has 14 heavy (non-hydrogen) atoms. The molecule has 80 valence electrons. The van der Waals surface area contributed by atoms with Gasteiger partial charge in [0.15, 0.2) is 0 Å². The Morgan fingerprint density at radius 3 is 2.36 bits per heavy atom. The Hall–Kier alpha value is -0.480. The van der Waals surface area contributed by atoms with Crippen molar-refractivity contribution in [2.75, 3.05) is 14.2 Å². The highest BCUT2D eigenvalue weighted by molar-refractivity contribution is 7.55. The lowest BCUT2D eigenvalue weighted by Crippen LogP contribution is -2.19. The Labute approximate surface area is 81.4 Å². The molecule has 1 aliphatic heterocycles. The summed E-state index contributed by atoms with van der Waals surface area (Å²) in [5.74, 6) is -2.45. The summed E-state index contributed by atoms with van der Waals surface area (Å²) < 4.78 is 40.4. The van der Waals surface area contributed by atoms with E-state index in [2.05, 4.69) is 18.5 Å². The minimum Gasteiger partial charge on any atom is -0.414 e. The second-order valence-corrected chi connectivity index (χ2v) is 5.32. The fourth-order valence-corrected chi connectivity index (χ4v) is 3.02. The van der Waals surface area contributed by atoms with Crippen LogP contribution in [-0.2, 0) is 27.7 Å². The zero-order valence-corrected chi connectivity index (χ0v) is 9.20. The number of hydrogen-bond acceptors (Lipinski definition) is 7. The topological polar surface area (TPSA) is 88.1 Å². The molecule has 0 aromatic carbocycles. The van der Waals surface area contributed by atoms with Crippen molar-refractivity contribution in [3.63, 3.8) is 0 Å². The van der Waals surface area contributed by atoms with Gasteiger partial charge >= 0.3 is 13.8 Å². The van der Waals surface area contributed by atoms with E-state index in [0.717, 1.165) is 14.2 Å². The molecule has 0 bridgehead atoms. The molecule has 2 atom stereocenters. The van der Waals surface area contributed by atoms with Crippen LogP contribution in [0, 0.1) is 0 Å². The van der Waals surface area contributed by atoms with Crippen molar-refractivity contribution < 1.29 is 32.4 Å². The van der Waals surface area contributed by atoms with E-state index in [0.29, 0.717) is 0 Å². The number of carbonyl (C=O) groups excluding carboxylic acids is 1. The summed E-state index contributed by atoms with van der Waals surface area (Å²) in [7, 11) is -1.87. The fraction of sp³-hybridized carbons (Fsp3) is 0.800. The Balaban J connectivity index is 2.90. The molecule has 0 spiro atoms. The molecule has 0 aliphatic carbocycles. The van der Waals surface area contributed by atoms with Crippen LogP contribution in [0.5, 0.6) is 0 Å². The van der Waals surface area contributed by atoms with Crippen LogP contribution < -0.4 is 0 Å². The molecular formula is C5H8O7P2. The van der Waals surface area contributed by atoms with Gasteiger partial charge in [0.1, 0.15) is 0 Å². The van der Waals surface area contributed by atoms with Gasteiger partial charge in [0.05, 0.1) is 0 Å². The summed E-state index contributed by atoms with van der Waals surface area (Å²) in [4.78, 5) is 10.7. The summed E-state index contributed by atoms with van der Waals surface area (Å²) >= 11 is 0. The van der Waals surface area contributed by atoms with Gasteiger partial charge in [0.2, 0.25) is 14.3 Å². The van der Waals surface area contributed by atoms with Crippen molar-refractivity contribution in [3.05, 3.63) is 0 Å². The highest BCUT2D eigenvalue weighted by Gasteiger charge is 2.51. The summed E-state index contributed by atoms with van der Waals surface area (Å²) in [5.41, 5.74) is 0. The largest absolute Gasteiger partial charge is 0.510 e. The first-order valence-electron chi connectivity index (χ1n) is 3.48. The monoisotopic (exact) mass is 242 g/mol. The average Bonchev–Trinajstić information content (AvgIpc) is 2.59. The van der Waals surface area contributed by atoms with Crippen LogP contribution >= 0.6 is 16.1 Å². The van der Waals surface area contributed by atoms with Crippen molar-refractivity contribution in [1.29, 1.82) is 0 Å². The molecule has 7 nitrogen and oxygen atoms in total. The molecule has 0 aromatic rings. The number of cyclic esters (lactones) is 2. The first-order chi connectivity index (χ1) is 6.57. The second-order valence-electron chi connectivity index (χ2n) is 2.28. The van der Waals surface area contributed by atoms with Gasteiger partial charge in [-0.1, -0.05) is 0 Å². The minimum absolute atomic E-state index is 0.521. The van der Waals surface area contributed by atoms with Crippen molar-refractivity contribution in [2.45, 2.75) is 11.7 Å². The Bertz CT molecular complexity index is 282. The fourth-order valence-electron chi connectivity index (χ4n) is 0.918. The summed E-state index contributed by atoms with van der Waals surface area (Å²) in [6, 6.07) is 0. The van der Waals surface area contributed by atoms with Gasteiger partial charge in [-0.2, -0.15) is 0 Å². The second kappa shape index (κ2) is 4.36. The first-order valence-corrected chi connectivity index (χ1v) is 5.97. The first kappa shape index (κ1) is 11.6. The molecule has 0 aromatic heterocycles. The Morgan fingerprint density at radius 2 is 1.93 bits per heavy atom. The van der Waals surface area contributed by atoms with E-state index < -0.39 is 33.9 Å². The standard InChI is InChI=1S/C5H8O7P2/c1-9-14(8,10-2)4-3(13-7)11-5(6)12-4/h3-4H,1-2H3. The predicted octanol–water partition coefficient (Wildman–Crippen LogP) is 1.58. The molecule has 1 heterocycles. The Morgan fingerprint density at radius 1 is 1.36 bits per heavy atom. The van der Waals surface area contributed by atoms with Crippen molar-refractivity contribution in [2.24, 2.45) is 0 Å². The summed E-state index contributed by atoms with van der Waals surface area (Å²) in [6.45, 7) is 0. The molecule has 1 fully saturated rings. The zero-order valence-electron chi connectivity index (χ0n) is 7.41. The SMILES string of the molecule is COP(=O)(OC)C1OC(=O)OC1P=O. The van der Waals surface area contributed by atoms with Crippen LogP contribution in [0.25, 0.3) is 0 Å². The van der Waals surface area contributed by atoms with Gasteiger partial charge in [-0.05, 0) is 0 Å². The third-order valence-electron chi connectivity index (χ3n) is 1.60. The maximum atomic E-state index is 11.7. The third kappa shape index (κ3) is 1.96. The lowest BCUT2D eigenvalue weighted by molar-refractivity contribution is 0.121. The van der Waals surface area contributed by atoms with Crippen molar-refractivity contribution in [1.82, 2.24) is 0 Å². The van der Waals surface area contributed by atoms with E-state index in [4.69, 9.17) is 0 Å². The maximum Gasteiger partial charge on any atom is 0.510 e. The van der Waals surface area contributed by atoms with Gasteiger partial charge in [0.25, 0.3) is 5.85 Å². The number of hydrogen-bond donors (Lipinski definition) is 0. The molecule has 0 radical (unpaired) electrons. The van der Waals surface area contributed by atoms with Crippen LogP contribution in [0.2, 0.25) is 0 Å². The quantitative estimate of drug-likeness (QED) is 0.546. The van der Waals surface area contributed by atoms with Crippen LogP contribution in [-0.4, -0.2) is 32.1 Å². The van der Waals surface area contributed by atoms with Gasteiger partial charge in [-0.3, -0.25) is 9.13 Å². The smallest absolute Gasteiger partial charge is 0.414 e. The van der Waals surface area contributed by atoms with E-state index in [9.17, 15) is 13.9 Å². The molecular weight excluding hydrogens is 234 g/mol. The summed E-state index contributed by atoms with van der Waals surface area (Å²) in [6.07, 6.45) is -1.04. The van der Waals surface area contributed by atoms with Crippen LogP contribution in [0.3, 0.4) is 0 Å². The van der Waals surface area contributed by atoms with Crippen LogP contribution in [0.1, 0.15) is 0 Å². The molecule has 9 heteroatoms. The van der Waals surface area contributed by atoms with E-state index >= 15 is 0 Å². The van der Waals surface area contributed by atoms with Gasteiger partial charge < -0.3 is 18.5 Å².